The summed E-state index contributed by atoms with van der Waals surface area (Å²) in [5.74, 6) is 0. The van der Waals surface area contributed by atoms with E-state index in [4.69, 9.17) is 16.3 Å². The van der Waals surface area contributed by atoms with Gasteiger partial charge >= 0.3 is 76.7 Å². The molecule has 1 fully saturated rings. The summed E-state index contributed by atoms with van der Waals surface area (Å²) in [4.78, 5) is 0. The summed E-state index contributed by atoms with van der Waals surface area (Å²) in [5, 5.41) is 3.08. The maximum atomic E-state index is 5.46. The van der Waals surface area contributed by atoms with Crippen molar-refractivity contribution in [3.63, 3.8) is 0 Å². The topological polar surface area (TPSA) is 24.5 Å². The SMILES string of the molecule is ClCNCN1CCOC[I-]1. The van der Waals surface area contributed by atoms with Gasteiger partial charge in [-0.15, -0.1) is 0 Å². The van der Waals surface area contributed by atoms with E-state index in [1.165, 1.54) is 0 Å². The van der Waals surface area contributed by atoms with E-state index >= 15 is 0 Å². The molecule has 0 saturated carbocycles. The second kappa shape index (κ2) is 5.54. The van der Waals surface area contributed by atoms with Crippen LogP contribution in [0.4, 0.5) is 0 Å². The van der Waals surface area contributed by atoms with Gasteiger partial charge in [0, 0.05) is 0 Å². The van der Waals surface area contributed by atoms with Crippen LogP contribution >= 0.6 is 11.6 Å². The quantitative estimate of drug-likeness (QED) is 0.258. The summed E-state index contributed by atoms with van der Waals surface area (Å²) >= 11 is 5.59. The molecule has 5 heteroatoms. The number of nitrogens with zero attached hydrogens (tertiary/aromatic N) is 1. The molecule has 0 aliphatic carbocycles. The minimum absolute atomic E-state index is 0.126. The second-order valence-electron chi connectivity index (χ2n) is 1.86. The third kappa shape index (κ3) is 3.34. The summed E-state index contributed by atoms with van der Waals surface area (Å²) < 4.78 is 8.58. The van der Waals surface area contributed by atoms with E-state index in [1.807, 2.05) is 0 Å². The molecule has 0 aromatic rings. The summed E-state index contributed by atoms with van der Waals surface area (Å²) in [6.07, 6.45) is 0. The normalized spacial score (nSPS) is 22.1. The first-order valence-corrected chi connectivity index (χ1v) is 6.15. The fraction of sp³-hybridized carbons (Fsp3) is 1.00. The van der Waals surface area contributed by atoms with Crippen molar-refractivity contribution >= 4 is 11.6 Å². The van der Waals surface area contributed by atoms with E-state index in [0.717, 1.165) is 24.4 Å². The average Bonchev–Trinajstić information content (AvgIpc) is 2.03. The van der Waals surface area contributed by atoms with E-state index in [1.54, 1.807) is 0 Å². The Morgan fingerprint density at radius 2 is 2.60 bits per heavy atom. The molecule has 0 amide bonds. The fourth-order valence-electron chi connectivity index (χ4n) is 0.666. The zero-order valence-corrected chi connectivity index (χ0v) is 8.56. The predicted molar refractivity (Wildman–Crippen MR) is 36.2 cm³/mol. The molecule has 1 aliphatic rings. The molecule has 0 bridgehead atoms. The third-order valence-electron chi connectivity index (χ3n) is 1.15. The Morgan fingerprint density at radius 3 is 3.20 bits per heavy atom. The molecule has 0 aromatic carbocycles. The van der Waals surface area contributed by atoms with Crippen LogP contribution in [0.5, 0.6) is 0 Å². The molecule has 1 saturated heterocycles. The Hall–Kier alpha value is 0.900. The van der Waals surface area contributed by atoms with Crippen molar-refractivity contribution in [3.05, 3.63) is 0 Å². The summed E-state index contributed by atoms with van der Waals surface area (Å²) in [5.41, 5.74) is 0. The van der Waals surface area contributed by atoms with Crippen molar-refractivity contribution in [3.8, 4) is 0 Å². The molecule has 0 aromatic heterocycles. The molecule has 0 spiro atoms. The van der Waals surface area contributed by atoms with Gasteiger partial charge in [-0.25, -0.2) is 0 Å². The van der Waals surface area contributed by atoms with Crippen LogP contribution in [0.15, 0.2) is 0 Å². The van der Waals surface area contributed by atoms with Crippen molar-refractivity contribution in [1.82, 2.24) is 8.43 Å². The standard InChI is InChI=1S/C5H11ClIN2O/c6-3-8-5-9-1-2-10-4-7-9/h8H,1-5H2/q-1. The van der Waals surface area contributed by atoms with Crippen LogP contribution in [-0.2, 0) is 4.74 Å². The molecular weight excluding hydrogens is 266 g/mol. The van der Waals surface area contributed by atoms with Gasteiger partial charge in [0.1, 0.15) is 0 Å². The molecule has 1 N–H and O–H groups in total. The zero-order valence-electron chi connectivity index (χ0n) is 5.65. The first-order valence-electron chi connectivity index (χ1n) is 3.12. The van der Waals surface area contributed by atoms with Crippen molar-refractivity contribution in [2.75, 3.05) is 30.4 Å². The molecule has 0 radical (unpaired) electrons. The van der Waals surface area contributed by atoms with Gasteiger partial charge in [-0.1, -0.05) is 0 Å². The maximum absolute atomic E-state index is 5.46. The molecule has 1 heterocycles. The van der Waals surface area contributed by atoms with Gasteiger partial charge in [0.15, 0.2) is 0 Å². The minimum atomic E-state index is 0.126. The van der Waals surface area contributed by atoms with Crippen LogP contribution in [0, 0.1) is 0 Å². The zero-order chi connectivity index (χ0) is 7.23. The molecule has 0 atom stereocenters. The molecule has 1 aliphatic heterocycles. The van der Waals surface area contributed by atoms with Crippen molar-refractivity contribution in [1.29, 1.82) is 0 Å². The van der Waals surface area contributed by atoms with Gasteiger partial charge in [0.05, 0.1) is 0 Å². The molecule has 62 valence electrons. The van der Waals surface area contributed by atoms with Crippen LogP contribution in [-0.4, -0.2) is 33.6 Å². The van der Waals surface area contributed by atoms with Crippen molar-refractivity contribution < 1.29 is 26.2 Å². The Labute approximate surface area is 76.7 Å². The number of hydrogen-bond donors (Lipinski definition) is 1. The van der Waals surface area contributed by atoms with Gasteiger partial charge in [0.25, 0.3) is 0 Å². The van der Waals surface area contributed by atoms with Gasteiger partial charge in [0.2, 0.25) is 0 Å². The van der Waals surface area contributed by atoms with Crippen LogP contribution in [0.1, 0.15) is 0 Å². The molecule has 0 unspecified atom stereocenters. The van der Waals surface area contributed by atoms with Gasteiger partial charge in [-0.2, -0.15) is 0 Å². The number of nitrogens with one attached hydrogen (secondary N) is 1. The van der Waals surface area contributed by atoms with E-state index in [-0.39, 0.29) is 21.5 Å². The number of ether oxygens (including phenoxy) is 1. The molecular formula is C5H11ClIN2O-. The predicted octanol–water partition coefficient (Wildman–Crippen LogP) is -2.98. The van der Waals surface area contributed by atoms with Crippen molar-refractivity contribution in [2.24, 2.45) is 0 Å². The first kappa shape index (κ1) is 8.99. The van der Waals surface area contributed by atoms with Crippen LogP contribution in [0.25, 0.3) is 0 Å². The van der Waals surface area contributed by atoms with E-state index in [2.05, 4.69) is 8.43 Å². The fourth-order valence-corrected chi connectivity index (χ4v) is 2.67. The van der Waals surface area contributed by atoms with Crippen LogP contribution in [0.2, 0.25) is 0 Å². The van der Waals surface area contributed by atoms with Crippen molar-refractivity contribution in [2.45, 2.75) is 0 Å². The summed E-state index contributed by atoms with van der Waals surface area (Å²) in [6.45, 7) is 2.88. The van der Waals surface area contributed by atoms with Crippen LogP contribution < -0.4 is 26.8 Å². The molecule has 1 rings (SSSR count). The number of hydrogen-bond acceptors (Lipinski definition) is 3. The van der Waals surface area contributed by atoms with E-state index in [0.29, 0.717) is 6.00 Å². The average molecular weight is 278 g/mol. The monoisotopic (exact) mass is 277 g/mol. The van der Waals surface area contributed by atoms with E-state index < -0.39 is 0 Å². The Bertz CT molecular complexity index is 89.7. The molecule has 10 heavy (non-hydrogen) atoms. The number of rotatable bonds is 3. The van der Waals surface area contributed by atoms with E-state index in [9.17, 15) is 0 Å². The van der Waals surface area contributed by atoms with Crippen LogP contribution in [0.3, 0.4) is 0 Å². The number of alkyl halides is 2. The number of halogens is 2. The van der Waals surface area contributed by atoms with Gasteiger partial charge in [-0.3, -0.25) is 0 Å². The summed E-state index contributed by atoms with van der Waals surface area (Å²) in [6, 6.07) is 0.543. The Kier molecular flexibility index (Phi) is 4.98. The first-order chi connectivity index (χ1) is 4.93. The van der Waals surface area contributed by atoms with Gasteiger partial charge in [-0.05, 0) is 0 Å². The summed E-state index contributed by atoms with van der Waals surface area (Å²) in [7, 11) is 0. The third-order valence-corrected chi connectivity index (χ3v) is 3.85. The van der Waals surface area contributed by atoms with Gasteiger partial charge < -0.3 is 0 Å². The Morgan fingerprint density at radius 1 is 1.70 bits per heavy atom. The molecule has 3 nitrogen and oxygen atoms in total. The Balaban J connectivity index is 2.02. The second-order valence-corrected chi connectivity index (χ2v) is 4.80.